The highest BCUT2D eigenvalue weighted by Crippen LogP contribution is 2.59. The van der Waals surface area contributed by atoms with E-state index in [1.807, 2.05) is 0 Å². The summed E-state index contributed by atoms with van der Waals surface area (Å²) in [4.78, 5) is -0.511. The third-order valence-corrected chi connectivity index (χ3v) is 7.89. The molecule has 4 nitrogen and oxygen atoms in total. The highest BCUT2D eigenvalue weighted by molar-refractivity contribution is 7.92. The number of anilines is 1. The van der Waals surface area contributed by atoms with E-state index >= 15 is 0 Å². The fraction of sp³-hybridized carbons (Fsp3) is 0.250. The van der Waals surface area contributed by atoms with Gasteiger partial charge >= 0.3 is 12.4 Å². The van der Waals surface area contributed by atoms with Gasteiger partial charge in [0.2, 0.25) is 5.60 Å². The lowest BCUT2D eigenvalue weighted by Gasteiger charge is -2.43. The van der Waals surface area contributed by atoms with Crippen molar-refractivity contribution in [1.82, 2.24) is 0 Å². The van der Waals surface area contributed by atoms with Gasteiger partial charge in [0.25, 0.3) is 10.0 Å². The Labute approximate surface area is 197 Å². The summed E-state index contributed by atoms with van der Waals surface area (Å²) in [5.74, 6) is -2.97. The zero-order valence-corrected chi connectivity index (χ0v) is 18.9. The summed E-state index contributed by atoms with van der Waals surface area (Å²) in [6.07, 6.45) is -11.0. The first-order valence-electron chi connectivity index (χ1n) is 10.3. The molecule has 3 atom stereocenters. The van der Waals surface area contributed by atoms with E-state index in [4.69, 9.17) is 0 Å². The number of nitrogens with zero attached hydrogens (tertiary/aromatic N) is 1. The molecule has 0 amide bonds. The lowest BCUT2D eigenvalue weighted by Crippen LogP contribution is -2.61. The summed E-state index contributed by atoms with van der Waals surface area (Å²) in [6, 6.07) is 11.5. The van der Waals surface area contributed by atoms with Gasteiger partial charge in [-0.3, -0.25) is 4.31 Å². The largest absolute Gasteiger partial charge is 0.423 e. The minimum absolute atomic E-state index is 0.0750. The molecule has 0 spiro atoms. The second kappa shape index (κ2) is 8.27. The molecule has 0 saturated heterocycles. The first-order valence-corrected chi connectivity index (χ1v) is 11.8. The molecular weight excluding hydrogens is 496 g/mol. The van der Waals surface area contributed by atoms with Crippen LogP contribution in [0, 0.1) is 6.92 Å². The van der Waals surface area contributed by atoms with E-state index < -0.39 is 61.6 Å². The van der Waals surface area contributed by atoms with Crippen molar-refractivity contribution in [3.63, 3.8) is 0 Å². The van der Waals surface area contributed by atoms with Crippen LogP contribution in [-0.2, 0) is 15.6 Å². The van der Waals surface area contributed by atoms with Crippen molar-refractivity contribution in [2.24, 2.45) is 0 Å². The number of alkyl halides is 6. The van der Waals surface area contributed by atoms with E-state index in [2.05, 4.69) is 0 Å². The van der Waals surface area contributed by atoms with Gasteiger partial charge in [-0.15, -0.1) is 0 Å². The Kier molecular flexibility index (Phi) is 5.92. The van der Waals surface area contributed by atoms with Gasteiger partial charge in [0.1, 0.15) is 12.0 Å². The Morgan fingerprint density at radius 2 is 1.34 bits per heavy atom. The summed E-state index contributed by atoms with van der Waals surface area (Å²) in [5.41, 5.74) is -5.75. The van der Waals surface area contributed by atoms with Crippen LogP contribution < -0.4 is 4.31 Å². The van der Waals surface area contributed by atoms with Crippen LogP contribution in [0.15, 0.2) is 83.8 Å². The van der Waals surface area contributed by atoms with Crippen molar-refractivity contribution >= 4 is 15.7 Å². The number of sulfonamides is 1. The van der Waals surface area contributed by atoms with Crippen LogP contribution in [-0.4, -0.2) is 31.9 Å². The fourth-order valence-corrected chi connectivity index (χ4v) is 6.18. The Bertz CT molecular complexity index is 1320. The predicted molar refractivity (Wildman–Crippen MR) is 116 cm³/mol. The zero-order valence-electron chi connectivity index (χ0n) is 18.0. The Morgan fingerprint density at radius 3 is 1.89 bits per heavy atom. The number of hydrogen-bond donors (Lipinski definition) is 1. The zero-order chi connectivity index (χ0) is 25.8. The normalized spacial score (nSPS) is 20.4. The molecule has 1 N–H and O–H groups in total. The number of halogens is 6. The molecule has 0 saturated carbocycles. The van der Waals surface area contributed by atoms with Crippen LogP contribution in [0.2, 0.25) is 0 Å². The van der Waals surface area contributed by atoms with E-state index in [1.54, 1.807) is 6.92 Å². The maximum atomic E-state index is 14.6. The number of hydrogen-bond acceptors (Lipinski definition) is 3. The third kappa shape index (κ3) is 3.96. The third-order valence-electron chi connectivity index (χ3n) is 6.08. The lowest BCUT2D eigenvalue weighted by molar-refractivity contribution is -0.284. The molecule has 0 fully saturated rings. The topological polar surface area (TPSA) is 57.6 Å². The molecule has 11 heteroatoms. The van der Waals surface area contributed by atoms with E-state index in [0.29, 0.717) is 5.56 Å². The number of aryl methyl sites for hydroxylation is 1. The molecule has 0 radical (unpaired) electrons. The summed E-state index contributed by atoms with van der Waals surface area (Å²) < 4.78 is 115. The molecule has 0 aliphatic carbocycles. The lowest BCUT2D eigenvalue weighted by atomic mass is 9.78. The Morgan fingerprint density at radius 1 is 0.800 bits per heavy atom. The van der Waals surface area contributed by atoms with Gasteiger partial charge in [-0.05, 0) is 36.2 Å². The van der Waals surface area contributed by atoms with Crippen molar-refractivity contribution in [3.05, 3.63) is 95.6 Å². The monoisotopic (exact) mass is 515 g/mol. The van der Waals surface area contributed by atoms with Crippen LogP contribution in [0.3, 0.4) is 0 Å². The second-order valence-electron chi connectivity index (χ2n) is 8.27. The van der Waals surface area contributed by atoms with Gasteiger partial charge in [-0.1, -0.05) is 66.2 Å². The quantitative estimate of drug-likeness (QED) is 0.456. The van der Waals surface area contributed by atoms with Crippen LogP contribution in [0.1, 0.15) is 22.6 Å². The summed E-state index contributed by atoms with van der Waals surface area (Å²) in [7, 11) is -4.99. The fourth-order valence-electron chi connectivity index (χ4n) is 4.47. The first kappa shape index (κ1) is 25.1. The Balaban J connectivity index is 2.09. The minimum atomic E-state index is -5.67. The van der Waals surface area contributed by atoms with Gasteiger partial charge in [-0.25, -0.2) is 8.42 Å². The average molecular weight is 515 g/mol. The van der Waals surface area contributed by atoms with Crippen molar-refractivity contribution < 1.29 is 39.9 Å². The number of fused-ring (bicyclic) bond motifs is 1. The molecule has 186 valence electrons. The number of para-hydroxylation sites is 1. The van der Waals surface area contributed by atoms with Gasteiger partial charge in [0.05, 0.1) is 10.6 Å². The Hall–Kier alpha value is -3.05. The van der Waals surface area contributed by atoms with E-state index in [9.17, 15) is 39.9 Å². The van der Waals surface area contributed by atoms with Crippen molar-refractivity contribution in [3.8, 4) is 0 Å². The summed E-state index contributed by atoms with van der Waals surface area (Å²) in [5, 5.41) is 11.2. The first-order chi connectivity index (χ1) is 16.2. The van der Waals surface area contributed by atoms with Gasteiger partial charge in [-0.2, -0.15) is 26.3 Å². The number of benzene rings is 3. The smallest absolute Gasteiger partial charge is 0.375 e. The molecule has 0 aromatic heterocycles. The molecule has 1 aliphatic heterocycles. The predicted octanol–water partition coefficient (Wildman–Crippen LogP) is 5.67. The number of aliphatic hydroxyl groups is 1. The standard InChI is InChI=1S/C24H19F6NO3S/c1-15-11-13-17(14-12-15)35(33,34)31-19-10-6-5-9-18(19)20(23(25,26)27)21(31)22(32,24(28,29)30)16-7-3-2-4-8-16/h2-14,20-21,32H,1H3/t20?,21-,22?/m1/s1. The van der Waals surface area contributed by atoms with Crippen molar-refractivity contribution in [2.75, 3.05) is 4.31 Å². The van der Waals surface area contributed by atoms with Crippen LogP contribution in [0.5, 0.6) is 0 Å². The molecular formula is C24H19F6NO3S. The molecule has 0 bridgehead atoms. The molecule has 1 aliphatic rings. The molecule has 3 aromatic carbocycles. The van der Waals surface area contributed by atoms with E-state index in [1.165, 1.54) is 30.3 Å². The van der Waals surface area contributed by atoms with E-state index in [-0.39, 0.29) is 4.31 Å². The molecule has 2 unspecified atom stereocenters. The highest BCUT2D eigenvalue weighted by atomic mass is 32.2. The van der Waals surface area contributed by atoms with Gasteiger partial charge in [0.15, 0.2) is 0 Å². The molecule has 3 aromatic rings. The summed E-state index contributed by atoms with van der Waals surface area (Å²) in [6.45, 7) is 1.64. The maximum absolute atomic E-state index is 14.6. The molecule has 1 heterocycles. The van der Waals surface area contributed by atoms with Gasteiger partial charge < -0.3 is 5.11 Å². The van der Waals surface area contributed by atoms with Crippen LogP contribution >= 0.6 is 0 Å². The molecule has 35 heavy (non-hydrogen) atoms. The van der Waals surface area contributed by atoms with Crippen LogP contribution in [0.4, 0.5) is 32.0 Å². The second-order valence-corrected chi connectivity index (χ2v) is 10.1. The average Bonchev–Trinajstić information content (AvgIpc) is 3.15. The highest BCUT2D eigenvalue weighted by Gasteiger charge is 2.71. The SMILES string of the molecule is Cc1ccc(S(=O)(=O)N2c3ccccc3C(C(F)(F)F)[C@@H]2C(O)(c2ccccc2)C(F)(F)F)cc1. The minimum Gasteiger partial charge on any atom is -0.375 e. The number of rotatable bonds is 4. The van der Waals surface area contributed by atoms with Crippen molar-refractivity contribution in [1.29, 1.82) is 0 Å². The van der Waals surface area contributed by atoms with Gasteiger partial charge in [0, 0.05) is 0 Å². The van der Waals surface area contributed by atoms with E-state index in [0.717, 1.165) is 48.5 Å². The van der Waals surface area contributed by atoms with Crippen molar-refractivity contribution in [2.45, 2.75) is 41.7 Å². The summed E-state index contributed by atoms with van der Waals surface area (Å²) >= 11 is 0. The molecule has 4 rings (SSSR count). The van der Waals surface area contributed by atoms with Crippen LogP contribution in [0.25, 0.3) is 0 Å². The maximum Gasteiger partial charge on any atom is 0.423 e.